The van der Waals surface area contributed by atoms with Gasteiger partial charge in [-0.2, -0.15) is 0 Å². The van der Waals surface area contributed by atoms with Crippen molar-refractivity contribution in [2.24, 2.45) is 0 Å². The summed E-state index contributed by atoms with van der Waals surface area (Å²) in [6, 6.07) is 6.45. The minimum Gasteiger partial charge on any atom is -0.394 e. The summed E-state index contributed by atoms with van der Waals surface area (Å²) in [5, 5.41) is 13.0. The quantitative estimate of drug-likeness (QED) is 0.869. The lowest BCUT2D eigenvalue weighted by Gasteiger charge is -2.37. The molecule has 0 radical (unpaired) electrons. The largest absolute Gasteiger partial charge is 0.394 e. The van der Waals surface area contributed by atoms with E-state index in [9.17, 15) is 5.11 Å². The molecule has 0 aromatic heterocycles. The van der Waals surface area contributed by atoms with Crippen LogP contribution in [0.3, 0.4) is 0 Å². The Hall–Kier alpha value is -0.620. The van der Waals surface area contributed by atoms with Crippen LogP contribution in [-0.2, 0) is 11.3 Å². The molecular weight excluding hydrogens is 332 g/mol. The van der Waals surface area contributed by atoms with Crippen LogP contribution >= 0.6 is 15.9 Å². The first-order valence-corrected chi connectivity index (χ1v) is 8.19. The van der Waals surface area contributed by atoms with E-state index in [2.05, 4.69) is 65.1 Å². The lowest BCUT2D eigenvalue weighted by Crippen LogP contribution is -2.47. The number of hydrogen-bond donors (Lipinski definition) is 2. The predicted molar refractivity (Wildman–Crippen MR) is 89.8 cm³/mol. The molecule has 1 unspecified atom stereocenters. The maximum absolute atomic E-state index is 9.50. The zero-order chi connectivity index (χ0) is 15.5. The Kier molecular flexibility index (Phi) is 5.66. The molecule has 21 heavy (non-hydrogen) atoms. The average Bonchev–Trinajstić information content (AvgIpc) is 2.44. The third-order valence-corrected chi connectivity index (χ3v) is 4.22. The molecule has 2 rings (SSSR count). The van der Waals surface area contributed by atoms with Crippen molar-refractivity contribution in [2.45, 2.75) is 38.9 Å². The molecule has 1 saturated heterocycles. The molecule has 0 aliphatic carbocycles. The van der Waals surface area contributed by atoms with Crippen molar-refractivity contribution >= 4 is 21.6 Å². The number of nitrogens with one attached hydrogen (secondary N) is 1. The van der Waals surface area contributed by atoms with Gasteiger partial charge in [0.2, 0.25) is 0 Å². The molecule has 2 N–H and O–H groups in total. The van der Waals surface area contributed by atoms with E-state index in [0.717, 1.165) is 23.2 Å². The molecule has 5 heteroatoms. The Morgan fingerprint density at radius 3 is 2.81 bits per heavy atom. The van der Waals surface area contributed by atoms with E-state index < -0.39 is 0 Å². The predicted octanol–water partition coefficient (Wildman–Crippen LogP) is 2.53. The van der Waals surface area contributed by atoms with Crippen molar-refractivity contribution in [2.75, 3.05) is 31.3 Å². The molecule has 1 atom stereocenters. The average molecular weight is 357 g/mol. The Balaban J connectivity index is 2.11. The maximum Gasteiger partial charge on any atom is 0.0755 e. The molecule has 0 bridgehead atoms. The number of anilines is 1. The fourth-order valence-corrected chi connectivity index (χ4v) is 3.04. The van der Waals surface area contributed by atoms with Gasteiger partial charge in [-0.3, -0.25) is 0 Å². The lowest BCUT2D eigenvalue weighted by molar-refractivity contribution is 0.0726. The second-order valence-corrected chi connectivity index (χ2v) is 7.35. The van der Waals surface area contributed by atoms with E-state index in [1.165, 1.54) is 5.56 Å². The Morgan fingerprint density at radius 1 is 1.43 bits per heavy atom. The fraction of sp³-hybridized carbons (Fsp3) is 0.625. The monoisotopic (exact) mass is 356 g/mol. The molecule has 1 heterocycles. The van der Waals surface area contributed by atoms with Gasteiger partial charge in [-0.15, -0.1) is 0 Å². The van der Waals surface area contributed by atoms with Crippen LogP contribution in [-0.4, -0.2) is 43.1 Å². The van der Waals surface area contributed by atoms with Crippen molar-refractivity contribution in [1.29, 1.82) is 0 Å². The van der Waals surface area contributed by atoms with E-state index in [1.54, 1.807) is 0 Å². The van der Waals surface area contributed by atoms with Crippen LogP contribution in [0.25, 0.3) is 0 Å². The third-order valence-electron chi connectivity index (χ3n) is 3.58. The summed E-state index contributed by atoms with van der Waals surface area (Å²) < 4.78 is 6.50. The molecular formula is C16H25BrN2O2. The minimum atomic E-state index is 0.0357. The molecule has 0 amide bonds. The molecule has 0 saturated carbocycles. The molecule has 1 fully saturated rings. The topological polar surface area (TPSA) is 44.7 Å². The summed E-state index contributed by atoms with van der Waals surface area (Å²) >= 11 is 3.67. The summed E-state index contributed by atoms with van der Waals surface area (Å²) in [4.78, 5) is 2.22. The highest BCUT2D eigenvalue weighted by Gasteiger charge is 2.24. The maximum atomic E-state index is 9.50. The Morgan fingerprint density at radius 2 is 2.19 bits per heavy atom. The van der Waals surface area contributed by atoms with Gasteiger partial charge in [0.25, 0.3) is 0 Å². The van der Waals surface area contributed by atoms with Crippen LogP contribution < -0.4 is 10.2 Å². The number of nitrogens with zero attached hydrogens (tertiary/aromatic N) is 1. The van der Waals surface area contributed by atoms with Crippen LogP contribution in [0.15, 0.2) is 22.7 Å². The third kappa shape index (κ3) is 4.68. The van der Waals surface area contributed by atoms with Crippen LogP contribution in [0.2, 0.25) is 0 Å². The minimum absolute atomic E-state index is 0.0357. The zero-order valence-electron chi connectivity index (χ0n) is 13.0. The van der Waals surface area contributed by atoms with Gasteiger partial charge in [0.15, 0.2) is 0 Å². The van der Waals surface area contributed by atoms with Gasteiger partial charge >= 0.3 is 0 Å². The van der Waals surface area contributed by atoms with Gasteiger partial charge in [-0.25, -0.2) is 0 Å². The van der Waals surface area contributed by atoms with Gasteiger partial charge < -0.3 is 20.1 Å². The second-order valence-electron chi connectivity index (χ2n) is 6.49. The van der Waals surface area contributed by atoms with E-state index in [4.69, 9.17) is 4.74 Å². The van der Waals surface area contributed by atoms with E-state index >= 15 is 0 Å². The molecule has 0 spiro atoms. The van der Waals surface area contributed by atoms with Crippen LogP contribution in [0.1, 0.15) is 26.3 Å². The lowest BCUT2D eigenvalue weighted by atomic mass is 10.1. The van der Waals surface area contributed by atoms with Gasteiger partial charge in [-0.05, 0) is 54.4 Å². The zero-order valence-corrected chi connectivity index (χ0v) is 14.6. The number of aliphatic hydroxyl groups is 1. The standard InChI is InChI=1S/C16H25BrN2O2/c1-16(2,3)18-9-12-4-5-15(14(17)8-12)19-6-7-21-11-13(19)10-20/h4-5,8,13,18,20H,6-7,9-11H2,1-3H3. The number of hydrogen-bond acceptors (Lipinski definition) is 4. The van der Waals surface area contributed by atoms with E-state index in [-0.39, 0.29) is 18.2 Å². The molecule has 1 aromatic rings. The Labute approximate surface area is 135 Å². The summed E-state index contributed by atoms with van der Waals surface area (Å²) in [5.41, 5.74) is 2.48. The van der Waals surface area contributed by atoms with Crippen LogP contribution in [0, 0.1) is 0 Å². The summed E-state index contributed by atoms with van der Waals surface area (Å²) in [6.07, 6.45) is 0. The van der Waals surface area contributed by atoms with Gasteiger partial charge in [-0.1, -0.05) is 6.07 Å². The molecule has 1 aromatic carbocycles. The van der Waals surface area contributed by atoms with Crippen molar-refractivity contribution in [3.8, 4) is 0 Å². The molecule has 4 nitrogen and oxygen atoms in total. The molecule has 1 aliphatic rings. The smallest absolute Gasteiger partial charge is 0.0755 e. The number of aliphatic hydroxyl groups excluding tert-OH is 1. The molecule has 118 valence electrons. The normalized spacial score (nSPS) is 19.9. The van der Waals surface area contributed by atoms with Crippen molar-refractivity contribution < 1.29 is 9.84 Å². The highest BCUT2D eigenvalue weighted by Crippen LogP contribution is 2.30. The first-order chi connectivity index (χ1) is 9.90. The van der Waals surface area contributed by atoms with Crippen LogP contribution in [0.5, 0.6) is 0 Å². The number of ether oxygens (including phenoxy) is 1. The SMILES string of the molecule is CC(C)(C)NCc1ccc(N2CCOCC2CO)c(Br)c1. The van der Waals surface area contributed by atoms with E-state index in [0.29, 0.717) is 13.2 Å². The first kappa shape index (κ1) is 16.7. The highest BCUT2D eigenvalue weighted by atomic mass is 79.9. The highest BCUT2D eigenvalue weighted by molar-refractivity contribution is 9.10. The first-order valence-electron chi connectivity index (χ1n) is 7.39. The summed E-state index contributed by atoms with van der Waals surface area (Å²) in [7, 11) is 0. The second kappa shape index (κ2) is 7.09. The van der Waals surface area contributed by atoms with Gasteiger partial charge in [0, 0.05) is 23.1 Å². The van der Waals surface area contributed by atoms with Gasteiger partial charge in [0.1, 0.15) is 0 Å². The summed E-state index contributed by atoms with van der Waals surface area (Å²) in [5.74, 6) is 0. The van der Waals surface area contributed by atoms with Crippen LogP contribution in [0.4, 0.5) is 5.69 Å². The Bertz CT molecular complexity index is 474. The fourth-order valence-electron chi connectivity index (χ4n) is 2.38. The number of morpholine rings is 1. The van der Waals surface area contributed by atoms with Crippen molar-refractivity contribution in [1.82, 2.24) is 5.32 Å². The number of halogens is 1. The molecule has 1 aliphatic heterocycles. The van der Waals surface area contributed by atoms with E-state index in [1.807, 2.05) is 0 Å². The van der Waals surface area contributed by atoms with Gasteiger partial charge in [0.05, 0.1) is 31.5 Å². The number of benzene rings is 1. The summed E-state index contributed by atoms with van der Waals surface area (Å²) in [6.45, 7) is 9.53. The van der Waals surface area contributed by atoms with Crippen molar-refractivity contribution in [3.05, 3.63) is 28.2 Å². The van der Waals surface area contributed by atoms with Crippen molar-refractivity contribution in [3.63, 3.8) is 0 Å². The number of rotatable bonds is 4.